The molecule has 0 radical (unpaired) electrons. The Morgan fingerprint density at radius 3 is 1.43 bits per heavy atom. The molecule has 0 saturated heterocycles. The van der Waals surface area contributed by atoms with E-state index in [-0.39, 0.29) is 11.8 Å². The van der Waals surface area contributed by atoms with E-state index in [4.69, 9.17) is 0 Å². The van der Waals surface area contributed by atoms with Gasteiger partial charge in [-0.2, -0.15) is 0 Å². The van der Waals surface area contributed by atoms with Crippen molar-refractivity contribution in [2.45, 2.75) is 26.7 Å². The van der Waals surface area contributed by atoms with Crippen LogP contribution in [0.2, 0.25) is 0 Å². The quantitative estimate of drug-likeness (QED) is 0.557. The average molecular weight is 198 g/mol. The number of rotatable bonds is 2. The van der Waals surface area contributed by atoms with Gasteiger partial charge in [-0.1, -0.05) is 13.8 Å². The van der Waals surface area contributed by atoms with E-state index < -0.39 is 23.8 Å². The molecule has 1 aliphatic carbocycles. The molecule has 4 atom stereocenters. The van der Waals surface area contributed by atoms with Gasteiger partial charge in [-0.05, 0) is 24.7 Å². The molecule has 0 aromatic carbocycles. The summed E-state index contributed by atoms with van der Waals surface area (Å²) in [7, 11) is 0. The van der Waals surface area contributed by atoms with Crippen LogP contribution in [-0.2, 0) is 9.59 Å². The maximum Gasteiger partial charge on any atom is 0.0451 e. The van der Waals surface area contributed by atoms with Crippen LogP contribution in [0.4, 0.5) is 0 Å². The highest BCUT2D eigenvalue weighted by Crippen LogP contribution is 2.37. The largest absolute Gasteiger partial charge is 0.550 e. The highest BCUT2D eigenvalue weighted by Gasteiger charge is 2.34. The summed E-state index contributed by atoms with van der Waals surface area (Å²) >= 11 is 0. The Morgan fingerprint density at radius 1 is 0.929 bits per heavy atom. The predicted molar refractivity (Wildman–Crippen MR) is 44.6 cm³/mol. The zero-order valence-electron chi connectivity index (χ0n) is 8.36. The van der Waals surface area contributed by atoms with Crippen LogP contribution in [-0.4, -0.2) is 11.9 Å². The average Bonchev–Trinajstić information content (AvgIpc) is 2.08. The molecule has 0 heterocycles. The molecule has 0 amide bonds. The van der Waals surface area contributed by atoms with Gasteiger partial charge in [0.1, 0.15) is 0 Å². The first kappa shape index (κ1) is 11.0. The molecule has 1 rings (SSSR count). The number of carboxylic acids is 2. The Bertz CT molecular complexity index is 223. The topological polar surface area (TPSA) is 80.3 Å². The van der Waals surface area contributed by atoms with Gasteiger partial charge in [-0.25, -0.2) is 0 Å². The Hall–Kier alpha value is -1.06. The summed E-state index contributed by atoms with van der Waals surface area (Å²) in [4.78, 5) is 21.4. The molecule has 0 aliphatic heterocycles. The third-order valence-corrected chi connectivity index (χ3v) is 3.31. The highest BCUT2D eigenvalue weighted by atomic mass is 16.4. The van der Waals surface area contributed by atoms with Crippen molar-refractivity contribution in [3.63, 3.8) is 0 Å². The molecule has 0 bridgehead atoms. The minimum absolute atomic E-state index is 0.230. The summed E-state index contributed by atoms with van der Waals surface area (Å²) in [6.07, 6.45) is 0.754. The van der Waals surface area contributed by atoms with Crippen LogP contribution in [0, 0.1) is 23.7 Å². The van der Waals surface area contributed by atoms with Gasteiger partial charge in [0.2, 0.25) is 0 Å². The van der Waals surface area contributed by atoms with Gasteiger partial charge in [-0.3, -0.25) is 0 Å². The van der Waals surface area contributed by atoms with E-state index in [1.165, 1.54) is 0 Å². The van der Waals surface area contributed by atoms with Crippen LogP contribution in [0.25, 0.3) is 0 Å². The van der Waals surface area contributed by atoms with Crippen LogP contribution in [0.5, 0.6) is 0 Å². The number of carboxylic acid groups (broad SMARTS) is 2. The van der Waals surface area contributed by atoms with E-state index in [1.807, 2.05) is 13.8 Å². The zero-order valence-corrected chi connectivity index (χ0v) is 8.36. The van der Waals surface area contributed by atoms with Crippen molar-refractivity contribution >= 4 is 11.9 Å². The van der Waals surface area contributed by atoms with Crippen molar-refractivity contribution in [3.8, 4) is 0 Å². The molecule has 4 heteroatoms. The SMILES string of the molecule is C[C@@H]1C[C@@H](C(=O)[O-])[C@H](C(=O)[O-])C[C@@H]1C. The maximum absolute atomic E-state index is 10.7. The van der Waals surface area contributed by atoms with Crippen molar-refractivity contribution in [3.05, 3.63) is 0 Å². The lowest BCUT2D eigenvalue weighted by atomic mass is 9.69. The lowest BCUT2D eigenvalue weighted by molar-refractivity contribution is -0.329. The minimum Gasteiger partial charge on any atom is -0.550 e. The van der Waals surface area contributed by atoms with Gasteiger partial charge in [-0.15, -0.1) is 0 Å². The normalized spacial score (nSPS) is 37.9. The lowest BCUT2D eigenvalue weighted by Gasteiger charge is -2.39. The van der Waals surface area contributed by atoms with Gasteiger partial charge < -0.3 is 19.8 Å². The molecule has 80 valence electrons. The summed E-state index contributed by atoms with van der Waals surface area (Å²) in [5, 5.41) is 21.4. The summed E-state index contributed by atoms with van der Waals surface area (Å²) in [6.45, 7) is 3.87. The van der Waals surface area contributed by atoms with E-state index in [9.17, 15) is 19.8 Å². The summed E-state index contributed by atoms with van der Waals surface area (Å²) in [6, 6.07) is 0. The van der Waals surface area contributed by atoms with Gasteiger partial charge in [0, 0.05) is 23.8 Å². The van der Waals surface area contributed by atoms with Crippen LogP contribution >= 0.6 is 0 Å². The Kier molecular flexibility index (Phi) is 3.13. The second-order valence-electron chi connectivity index (χ2n) is 4.28. The minimum atomic E-state index is -1.27. The zero-order chi connectivity index (χ0) is 10.9. The molecule has 0 N–H and O–H groups in total. The molecule has 1 fully saturated rings. The third-order valence-electron chi connectivity index (χ3n) is 3.31. The first-order valence-corrected chi connectivity index (χ1v) is 4.85. The van der Waals surface area contributed by atoms with Crippen molar-refractivity contribution in [2.75, 3.05) is 0 Å². The van der Waals surface area contributed by atoms with Crippen molar-refractivity contribution in [2.24, 2.45) is 23.7 Å². The number of carbonyl (C=O) groups excluding carboxylic acids is 2. The molecule has 1 saturated carbocycles. The van der Waals surface area contributed by atoms with E-state index in [2.05, 4.69) is 0 Å². The second-order valence-corrected chi connectivity index (χ2v) is 4.28. The number of hydrogen-bond donors (Lipinski definition) is 0. The Balaban J connectivity index is 2.80. The lowest BCUT2D eigenvalue weighted by Crippen LogP contribution is -2.48. The molecule has 0 spiro atoms. The number of hydrogen-bond acceptors (Lipinski definition) is 4. The molecule has 0 unspecified atom stereocenters. The fourth-order valence-corrected chi connectivity index (χ4v) is 2.12. The van der Waals surface area contributed by atoms with Gasteiger partial charge in [0.15, 0.2) is 0 Å². The van der Waals surface area contributed by atoms with Crippen molar-refractivity contribution in [1.29, 1.82) is 0 Å². The third kappa shape index (κ3) is 2.05. The Morgan fingerprint density at radius 2 is 1.21 bits per heavy atom. The van der Waals surface area contributed by atoms with E-state index in [1.54, 1.807) is 0 Å². The fourth-order valence-electron chi connectivity index (χ4n) is 2.12. The standard InChI is InChI=1S/C10H16O4/c1-5-3-7(9(11)12)8(10(13)14)4-6(5)2/h5-8H,3-4H2,1-2H3,(H,11,12)(H,13,14)/p-2/t5-,6+,7-,8-/m1/s1. The smallest absolute Gasteiger partial charge is 0.0451 e. The predicted octanol–water partition coefficient (Wildman–Crippen LogP) is -1.22. The molecule has 0 aromatic rings. The monoisotopic (exact) mass is 198 g/mol. The molecule has 4 nitrogen and oxygen atoms in total. The van der Waals surface area contributed by atoms with E-state index in [0.29, 0.717) is 12.8 Å². The van der Waals surface area contributed by atoms with E-state index >= 15 is 0 Å². The maximum atomic E-state index is 10.7. The molecule has 0 aromatic heterocycles. The first-order valence-electron chi connectivity index (χ1n) is 4.85. The molecular weight excluding hydrogens is 184 g/mol. The Labute approximate surface area is 82.9 Å². The first-order chi connectivity index (χ1) is 6.43. The summed E-state index contributed by atoms with van der Waals surface area (Å²) < 4.78 is 0. The van der Waals surface area contributed by atoms with Crippen LogP contribution < -0.4 is 10.2 Å². The highest BCUT2D eigenvalue weighted by molar-refractivity contribution is 5.78. The summed E-state index contributed by atoms with van der Waals surface area (Å²) in [5.41, 5.74) is 0. The second kappa shape index (κ2) is 3.98. The van der Waals surface area contributed by atoms with Gasteiger partial charge in [0.25, 0.3) is 0 Å². The van der Waals surface area contributed by atoms with Gasteiger partial charge in [0.05, 0.1) is 0 Å². The fraction of sp³-hybridized carbons (Fsp3) is 0.800. The van der Waals surface area contributed by atoms with Crippen molar-refractivity contribution in [1.82, 2.24) is 0 Å². The van der Waals surface area contributed by atoms with E-state index in [0.717, 1.165) is 0 Å². The number of carbonyl (C=O) groups is 2. The molecular formula is C10H14O4-2. The summed E-state index contributed by atoms with van der Waals surface area (Å²) in [5.74, 6) is -3.84. The number of aliphatic carboxylic acids is 2. The van der Waals surface area contributed by atoms with Crippen LogP contribution in [0.1, 0.15) is 26.7 Å². The van der Waals surface area contributed by atoms with Gasteiger partial charge >= 0.3 is 0 Å². The van der Waals surface area contributed by atoms with Crippen LogP contribution in [0.3, 0.4) is 0 Å². The molecule has 14 heavy (non-hydrogen) atoms. The van der Waals surface area contributed by atoms with Crippen LogP contribution in [0.15, 0.2) is 0 Å². The molecule has 1 aliphatic rings. The van der Waals surface area contributed by atoms with Crippen molar-refractivity contribution < 1.29 is 19.8 Å².